The molecule has 0 fully saturated rings. The molecule has 0 saturated carbocycles. The van der Waals surface area contributed by atoms with Gasteiger partial charge < -0.3 is 5.73 Å². The zero-order valence-electron chi connectivity index (χ0n) is 13.4. The minimum Gasteiger partial charge on any atom is -0.326 e. The fraction of sp³-hybridized carbons (Fsp3) is 0.647. The van der Waals surface area contributed by atoms with Gasteiger partial charge in [0.15, 0.2) is 0 Å². The standard InChI is InChI=1S/C17H29BrN2/c1-6-16(19)17(14-7-9-15(18)10-8-14)20(13(4)5)11-12(2)3/h7-10,12-13,16-17H,6,11,19H2,1-5H3. The van der Waals surface area contributed by atoms with E-state index in [-0.39, 0.29) is 12.1 Å². The van der Waals surface area contributed by atoms with Crippen molar-refractivity contribution in [3.8, 4) is 0 Å². The highest BCUT2D eigenvalue weighted by atomic mass is 79.9. The van der Waals surface area contributed by atoms with Crippen LogP contribution in [0.3, 0.4) is 0 Å². The molecule has 20 heavy (non-hydrogen) atoms. The van der Waals surface area contributed by atoms with Crippen LogP contribution in [0.4, 0.5) is 0 Å². The van der Waals surface area contributed by atoms with Gasteiger partial charge in [-0.05, 0) is 43.9 Å². The van der Waals surface area contributed by atoms with Crippen LogP contribution in [0.25, 0.3) is 0 Å². The predicted octanol–water partition coefficient (Wildman–Crippen LogP) is 4.59. The van der Waals surface area contributed by atoms with Gasteiger partial charge in [0.2, 0.25) is 0 Å². The Morgan fingerprint density at radius 3 is 2.05 bits per heavy atom. The Bertz CT molecular complexity index is 386. The van der Waals surface area contributed by atoms with E-state index in [2.05, 4.69) is 79.7 Å². The molecule has 0 saturated heterocycles. The Morgan fingerprint density at radius 1 is 1.10 bits per heavy atom. The number of halogens is 1. The summed E-state index contributed by atoms with van der Waals surface area (Å²) in [5.74, 6) is 0.638. The van der Waals surface area contributed by atoms with Crippen molar-refractivity contribution in [2.24, 2.45) is 11.7 Å². The van der Waals surface area contributed by atoms with Gasteiger partial charge in [-0.15, -0.1) is 0 Å². The van der Waals surface area contributed by atoms with Crippen LogP contribution < -0.4 is 5.73 Å². The SMILES string of the molecule is CCC(N)C(c1ccc(Br)cc1)N(CC(C)C)C(C)C. The van der Waals surface area contributed by atoms with E-state index in [0.717, 1.165) is 17.4 Å². The van der Waals surface area contributed by atoms with E-state index < -0.39 is 0 Å². The molecule has 114 valence electrons. The van der Waals surface area contributed by atoms with Crippen molar-refractivity contribution in [1.29, 1.82) is 0 Å². The van der Waals surface area contributed by atoms with Crippen LogP contribution in [0.15, 0.2) is 28.7 Å². The second-order valence-electron chi connectivity index (χ2n) is 6.25. The number of benzene rings is 1. The normalized spacial score (nSPS) is 15.1. The molecular formula is C17H29BrN2. The Balaban J connectivity index is 3.11. The maximum absolute atomic E-state index is 6.45. The minimum atomic E-state index is 0.164. The second-order valence-corrected chi connectivity index (χ2v) is 7.17. The zero-order valence-corrected chi connectivity index (χ0v) is 15.0. The van der Waals surface area contributed by atoms with Gasteiger partial charge in [-0.3, -0.25) is 4.90 Å². The number of nitrogens with zero attached hydrogens (tertiary/aromatic N) is 1. The van der Waals surface area contributed by atoms with E-state index in [4.69, 9.17) is 5.73 Å². The van der Waals surface area contributed by atoms with Gasteiger partial charge in [-0.2, -0.15) is 0 Å². The molecular weight excluding hydrogens is 312 g/mol. The van der Waals surface area contributed by atoms with Gasteiger partial charge in [0.1, 0.15) is 0 Å². The lowest BCUT2D eigenvalue weighted by atomic mass is 9.94. The maximum Gasteiger partial charge on any atom is 0.0501 e. The molecule has 1 aromatic carbocycles. The summed E-state index contributed by atoms with van der Waals surface area (Å²) >= 11 is 3.51. The van der Waals surface area contributed by atoms with E-state index >= 15 is 0 Å². The molecule has 0 aromatic heterocycles. The van der Waals surface area contributed by atoms with Gasteiger partial charge in [-0.1, -0.05) is 48.8 Å². The third kappa shape index (κ3) is 4.87. The molecule has 0 aliphatic carbocycles. The van der Waals surface area contributed by atoms with E-state index in [1.807, 2.05) is 0 Å². The number of nitrogens with two attached hydrogens (primary N) is 1. The van der Waals surface area contributed by atoms with Crippen molar-refractivity contribution in [2.45, 2.75) is 59.2 Å². The first-order valence-corrected chi connectivity index (χ1v) is 8.42. The lowest BCUT2D eigenvalue weighted by Crippen LogP contribution is -2.45. The van der Waals surface area contributed by atoms with Gasteiger partial charge in [0.05, 0.1) is 6.04 Å². The number of hydrogen-bond acceptors (Lipinski definition) is 2. The van der Waals surface area contributed by atoms with Crippen molar-refractivity contribution in [3.63, 3.8) is 0 Å². The summed E-state index contributed by atoms with van der Waals surface area (Å²) in [7, 11) is 0. The molecule has 2 nitrogen and oxygen atoms in total. The fourth-order valence-corrected chi connectivity index (χ4v) is 2.90. The first-order valence-electron chi connectivity index (χ1n) is 7.63. The molecule has 0 aliphatic heterocycles. The summed E-state index contributed by atoms with van der Waals surface area (Å²) in [6.45, 7) is 12.3. The predicted molar refractivity (Wildman–Crippen MR) is 91.8 cm³/mol. The summed E-state index contributed by atoms with van der Waals surface area (Å²) in [4.78, 5) is 2.54. The molecule has 0 aliphatic rings. The Morgan fingerprint density at radius 2 is 1.65 bits per heavy atom. The lowest BCUT2D eigenvalue weighted by Gasteiger charge is -2.39. The zero-order chi connectivity index (χ0) is 15.3. The Labute approximate surface area is 132 Å². The molecule has 2 atom stereocenters. The van der Waals surface area contributed by atoms with E-state index in [1.54, 1.807) is 0 Å². The molecule has 2 unspecified atom stereocenters. The lowest BCUT2D eigenvalue weighted by molar-refractivity contribution is 0.114. The Hall–Kier alpha value is -0.380. The average Bonchev–Trinajstić information content (AvgIpc) is 2.39. The largest absolute Gasteiger partial charge is 0.326 e. The first-order chi connectivity index (χ1) is 9.36. The van der Waals surface area contributed by atoms with Crippen LogP contribution in [-0.4, -0.2) is 23.5 Å². The summed E-state index contributed by atoms with van der Waals surface area (Å²) in [5.41, 5.74) is 7.76. The van der Waals surface area contributed by atoms with Gasteiger partial charge in [0.25, 0.3) is 0 Å². The highest BCUT2D eigenvalue weighted by molar-refractivity contribution is 9.10. The van der Waals surface area contributed by atoms with Crippen LogP contribution in [0.5, 0.6) is 0 Å². The minimum absolute atomic E-state index is 0.164. The third-order valence-electron chi connectivity index (χ3n) is 3.69. The van der Waals surface area contributed by atoms with Crippen molar-refractivity contribution < 1.29 is 0 Å². The van der Waals surface area contributed by atoms with Crippen LogP contribution in [0.2, 0.25) is 0 Å². The van der Waals surface area contributed by atoms with Gasteiger partial charge in [0, 0.05) is 23.1 Å². The summed E-state index contributed by atoms with van der Waals surface area (Å²) in [6.07, 6.45) is 0.988. The molecule has 1 aromatic rings. The number of hydrogen-bond donors (Lipinski definition) is 1. The third-order valence-corrected chi connectivity index (χ3v) is 4.21. The fourth-order valence-electron chi connectivity index (χ4n) is 2.64. The summed E-state index contributed by atoms with van der Waals surface area (Å²) in [5, 5.41) is 0. The van der Waals surface area contributed by atoms with Crippen molar-refractivity contribution >= 4 is 15.9 Å². The monoisotopic (exact) mass is 340 g/mol. The van der Waals surface area contributed by atoms with Crippen molar-refractivity contribution in [2.75, 3.05) is 6.54 Å². The van der Waals surface area contributed by atoms with E-state index in [0.29, 0.717) is 12.0 Å². The molecule has 2 N–H and O–H groups in total. The van der Waals surface area contributed by atoms with Crippen molar-refractivity contribution in [3.05, 3.63) is 34.3 Å². The molecule has 0 radical (unpaired) electrons. The van der Waals surface area contributed by atoms with Crippen LogP contribution in [0, 0.1) is 5.92 Å². The molecule has 0 bridgehead atoms. The topological polar surface area (TPSA) is 29.3 Å². The summed E-state index contributed by atoms with van der Waals surface area (Å²) in [6, 6.07) is 9.55. The molecule has 1 rings (SSSR count). The maximum atomic E-state index is 6.45. The van der Waals surface area contributed by atoms with Gasteiger partial charge >= 0.3 is 0 Å². The molecule has 0 heterocycles. The highest BCUT2D eigenvalue weighted by Gasteiger charge is 2.28. The van der Waals surface area contributed by atoms with E-state index in [9.17, 15) is 0 Å². The van der Waals surface area contributed by atoms with Crippen LogP contribution >= 0.6 is 15.9 Å². The molecule has 3 heteroatoms. The molecule has 0 spiro atoms. The molecule has 0 amide bonds. The average molecular weight is 341 g/mol. The first kappa shape index (κ1) is 17.7. The Kier molecular flexibility index (Phi) is 7.21. The second kappa shape index (κ2) is 8.16. The quantitative estimate of drug-likeness (QED) is 0.786. The van der Waals surface area contributed by atoms with Crippen LogP contribution in [0.1, 0.15) is 52.6 Å². The van der Waals surface area contributed by atoms with E-state index in [1.165, 1.54) is 5.56 Å². The smallest absolute Gasteiger partial charge is 0.0501 e. The van der Waals surface area contributed by atoms with Crippen molar-refractivity contribution in [1.82, 2.24) is 4.90 Å². The highest BCUT2D eigenvalue weighted by Crippen LogP contribution is 2.29. The number of rotatable bonds is 7. The summed E-state index contributed by atoms with van der Waals surface area (Å²) < 4.78 is 1.12. The van der Waals surface area contributed by atoms with Crippen LogP contribution in [-0.2, 0) is 0 Å². The van der Waals surface area contributed by atoms with Gasteiger partial charge in [-0.25, -0.2) is 0 Å².